The van der Waals surface area contributed by atoms with E-state index in [0.29, 0.717) is 13.0 Å². The monoisotopic (exact) mass is 227 g/mol. The zero-order valence-corrected chi connectivity index (χ0v) is 9.78. The molecule has 0 bridgehead atoms. The Bertz CT molecular complexity index is 262. The second-order valence-corrected chi connectivity index (χ2v) is 4.39. The van der Waals surface area contributed by atoms with Crippen molar-refractivity contribution in [2.24, 2.45) is 22.7 Å². The molecule has 5 heteroatoms. The lowest BCUT2D eigenvalue weighted by molar-refractivity contribution is -0.123. The average Bonchev–Trinajstić information content (AvgIpc) is 3.08. The number of hydrogen-bond donors (Lipinski definition) is 3. The van der Waals surface area contributed by atoms with Crippen LogP contribution in [0.4, 0.5) is 0 Å². The molecule has 1 fully saturated rings. The minimum Gasteiger partial charge on any atom is -0.409 e. The maximum absolute atomic E-state index is 11.8. The predicted octanol–water partition coefficient (Wildman–Crippen LogP) is 1.07. The van der Waals surface area contributed by atoms with Crippen LogP contribution in [0.3, 0.4) is 0 Å². The summed E-state index contributed by atoms with van der Waals surface area (Å²) >= 11 is 0. The summed E-state index contributed by atoms with van der Waals surface area (Å²) in [7, 11) is 0. The summed E-state index contributed by atoms with van der Waals surface area (Å²) < 4.78 is 0. The first-order chi connectivity index (χ1) is 7.69. The summed E-state index contributed by atoms with van der Waals surface area (Å²) in [6.45, 7) is 2.66. The number of nitrogens with one attached hydrogen (secondary N) is 1. The van der Waals surface area contributed by atoms with Crippen molar-refractivity contribution in [3.8, 4) is 0 Å². The first-order valence-electron chi connectivity index (χ1n) is 5.94. The minimum absolute atomic E-state index is 0.00534. The fraction of sp³-hybridized carbons (Fsp3) is 0.818. The molecule has 0 saturated heterocycles. The third-order valence-electron chi connectivity index (χ3n) is 2.92. The number of rotatable bonds is 7. The number of hydrogen-bond acceptors (Lipinski definition) is 3. The molecule has 0 spiro atoms. The van der Waals surface area contributed by atoms with Crippen LogP contribution in [0.15, 0.2) is 5.16 Å². The van der Waals surface area contributed by atoms with Crippen molar-refractivity contribution in [3.05, 3.63) is 0 Å². The zero-order valence-electron chi connectivity index (χ0n) is 9.78. The second kappa shape index (κ2) is 6.35. The standard InChI is InChI=1S/C11H21N3O2/c1-2-3-9(10(12)14-16)11(15)13-7-6-8-4-5-8/h8-9,16H,2-7H2,1H3,(H2,12,14)(H,13,15). The summed E-state index contributed by atoms with van der Waals surface area (Å²) in [4.78, 5) is 11.8. The van der Waals surface area contributed by atoms with Gasteiger partial charge in [-0.1, -0.05) is 31.3 Å². The summed E-state index contributed by atoms with van der Waals surface area (Å²) in [5.74, 6) is 0.187. The molecule has 1 rings (SSSR count). The van der Waals surface area contributed by atoms with E-state index in [2.05, 4.69) is 10.5 Å². The van der Waals surface area contributed by atoms with Crippen molar-refractivity contribution in [1.29, 1.82) is 0 Å². The molecule has 1 atom stereocenters. The molecule has 5 nitrogen and oxygen atoms in total. The molecule has 0 aromatic carbocycles. The van der Waals surface area contributed by atoms with Gasteiger partial charge in [0.2, 0.25) is 5.91 Å². The largest absolute Gasteiger partial charge is 0.409 e. The maximum atomic E-state index is 11.8. The molecule has 0 heterocycles. The van der Waals surface area contributed by atoms with Crippen molar-refractivity contribution in [3.63, 3.8) is 0 Å². The summed E-state index contributed by atoms with van der Waals surface area (Å²) in [6.07, 6.45) is 5.06. The van der Waals surface area contributed by atoms with Gasteiger partial charge in [0.15, 0.2) is 5.84 Å². The van der Waals surface area contributed by atoms with Gasteiger partial charge in [0.05, 0.1) is 5.92 Å². The van der Waals surface area contributed by atoms with Crippen LogP contribution in [0.5, 0.6) is 0 Å². The predicted molar refractivity (Wildman–Crippen MR) is 62.2 cm³/mol. The molecule has 92 valence electrons. The molecule has 1 unspecified atom stereocenters. The fourth-order valence-electron chi connectivity index (χ4n) is 1.70. The molecule has 0 aromatic rings. The lowest BCUT2D eigenvalue weighted by atomic mass is 10.0. The van der Waals surface area contributed by atoms with Gasteiger partial charge in [-0.05, 0) is 18.8 Å². The third kappa shape index (κ3) is 4.08. The number of amidine groups is 1. The van der Waals surface area contributed by atoms with Gasteiger partial charge < -0.3 is 16.3 Å². The third-order valence-corrected chi connectivity index (χ3v) is 2.92. The first kappa shape index (κ1) is 12.8. The first-order valence-corrected chi connectivity index (χ1v) is 5.94. The Kier molecular flexibility index (Phi) is 5.08. The molecule has 1 aliphatic carbocycles. The van der Waals surface area contributed by atoms with Gasteiger partial charge in [-0.15, -0.1) is 0 Å². The van der Waals surface area contributed by atoms with Gasteiger partial charge in [0, 0.05) is 6.54 Å². The fourth-order valence-corrected chi connectivity index (χ4v) is 1.70. The molecular weight excluding hydrogens is 206 g/mol. The van der Waals surface area contributed by atoms with Crippen LogP contribution in [-0.4, -0.2) is 23.5 Å². The van der Waals surface area contributed by atoms with Crippen LogP contribution in [-0.2, 0) is 4.79 Å². The normalized spacial score (nSPS) is 18.2. The van der Waals surface area contributed by atoms with E-state index in [0.717, 1.165) is 18.8 Å². The topological polar surface area (TPSA) is 87.7 Å². The van der Waals surface area contributed by atoms with Crippen LogP contribution in [0.25, 0.3) is 0 Å². The van der Waals surface area contributed by atoms with Crippen LogP contribution in [0.1, 0.15) is 39.0 Å². The Hall–Kier alpha value is -1.26. The van der Waals surface area contributed by atoms with E-state index in [1.54, 1.807) is 0 Å². The molecule has 1 saturated carbocycles. The smallest absolute Gasteiger partial charge is 0.230 e. The van der Waals surface area contributed by atoms with Crippen molar-refractivity contribution in [1.82, 2.24) is 5.32 Å². The van der Waals surface area contributed by atoms with E-state index in [9.17, 15) is 4.79 Å². The Balaban J connectivity index is 2.33. The van der Waals surface area contributed by atoms with E-state index in [1.807, 2.05) is 6.92 Å². The lowest BCUT2D eigenvalue weighted by Gasteiger charge is -2.14. The van der Waals surface area contributed by atoms with Crippen LogP contribution in [0, 0.1) is 11.8 Å². The molecule has 0 aromatic heterocycles. The van der Waals surface area contributed by atoms with E-state index in [1.165, 1.54) is 12.8 Å². The number of carbonyl (C=O) groups excluding carboxylic acids is 1. The Labute approximate surface area is 96.1 Å². The SMILES string of the molecule is CCCC(C(=O)NCCC1CC1)C(N)=NO. The van der Waals surface area contributed by atoms with E-state index in [-0.39, 0.29) is 11.7 Å². The zero-order chi connectivity index (χ0) is 12.0. The maximum Gasteiger partial charge on any atom is 0.230 e. The molecule has 0 radical (unpaired) electrons. The number of nitrogens with two attached hydrogens (primary N) is 1. The van der Waals surface area contributed by atoms with E-state index < -0.39 is 5.92 Å². The van der Waals surface area contributed by atoms with Crippen molar-refractivity contribution < 1.29 is 10.0 Å². The van der Waals surface area contributed by atoms with Crippen LogP contribution < -0.4 is 11.1 Å². The molecule has 16 heavy (non-hydrogen) atoms. The molecule has 4 N–H and O–H groups in total. The molecule has 1 aliphatic rings. The average molecular weight is 227 g/mol. The molecule has 0 aliphatic heterocycles. The summed E-state index contributed by atoms with van der Waals surface area (Å²) in [6, 6.07) is 0. The molecule has 1 amide bonds. The Morgan fingerprint density at radius 2 is 2.31 bits per heavy atom. The van der Waals surface area contributed by atoms with E-state index >= 15 is 0 Å². The highest BCUT2D eigenvalue weighted by atomic mass is 16.4. The number of amides is 1. The highest BCUT2D eigenvalue weighted by molar-refractivity contribution is 6.01. The number of nitrogens with zero attached hydrogens (tertiary/aromatic N) is 1. The van der Waals surface area contributed by atoms with Crippen molar-refractivity contribution in [2.45, 2.75) is 39.0 Å². The van der Waals surface area contributed by atoms with Gasteiger partial charge in [-0.25, -0.2) is 0 Å². The lowest BCUT2D eigenvalue weighted by Crippen LogP contribution is -2.39. The highest BCUT2D eigenvalue weighted by Gasteiger charge is 2.24. The second-order valence-electron chi connectivity index (χ2n) is 4.39. The van der Waals surface area contributed by atoms with Gasteiger partial charge in [-0.2, -0.15) is 0 Å². The minimum atomic E-state index is -0.491. The van der Waals surface area contributed by atoms with Crippen LogP contribution in [0.2, 0.25) is 0 Å². The highest BCUT2D eigenvalue weighted by Crippen LogP contribution is 2.31. The summed E-state index contributed by atoms with van der Waals surface area (Å²) in [5, 5.41) is 14.3. The van der Waals surface area contributed by atoms with Gasteiger partial charge in [0.1, 0.15) is 0 Å². The van der Waals surface area contributed by atoms with Crippen LogP contribution >= 0.6 is 0 Å². The Morgan fingerprint density at radius 3 is 2.81 bits per heavy atom. The molecular formula is C11H21N3O2. The quantitative estimate of drug-likeness (QED) is 0.263. The number of carbonyl (C=O) groups is 1. The van der Waals surface area contributed by atoms with Gasteiger partial charge in [0.25, 0.3) is 0 Å². The van der Waals surface area contributed by atoms with Gasteiger partial charge >= 0.3 is 0 Å². The van der Waals surface area contributed by atoms with Crippen molar-refractivity contribution in [2.75, 3.05) is 6.54 Å². The van der Waals surface area contributed by atoms with E-state index in [4.69, 9.17) is 10.9 Å². The number of oxime groups is 1. The summed E-state index contributed by atoms with van der Waals surface area (Å²) in [5.41, 5.74) is 5.49. The van der Waals surface area contributed by atoms with Gasteiger partial charge in [-0.3, -0.25) is 4.79 Å². The van der Waals surface area contributed by atoms with Crippen molar-refractivity contribution >= 4 is 11.7 Å². The Morgan fingerprint density at radius 1 is 1.62 bits per heavy atom.